The number of anilines is 3. The second kappa shape index (κ2) is 11.0. The van der Waals surface area contributed by atoms with Crippen LogP contribution in [-0.2, 0) is 4.74 Å². The third-order valence-electron chi connectivity index (χ3n) is 7.57. The van der Waals surface area contributed by atoms with E-state index in [1.807, 2.05) is 29.4 Å². The topological polar surface area (TPSA) is 91.7 Å². The van der Waals surface area contributed by atoms with Crippen molar-refractivity contribution in [3.8, 4) is 0 Å². The zero-order valence-corrected chi connectivity index (χ0v) is 22.4. The minimum atomic E-state index is 0.0837. The van der Waals surface area contributed by atoms with Gasteiger partial charge < -0.3 is 29.3 Å². The summed E-state index contributed by atoms with van der Waals surface area (Å²) in [4.78, 5) is 33.9. The van der Waals surface area contributed by atoms with Crippen LogP contribution in [0, 0.1) is 0 Å². The summed E-state index contributed by atoms with van der Waals surface area (Å²) in [6.45, 7) is 12.5. The molecule has 0 spiro atoms. The molecule has 198 valence electrons. The van der Waals surface area contributed by atoms with Crippen molar-refractivity contribution in [3.05, 3.63) is 36.3 Å². The standard InChI is InChI=1S/C27H38N8O2/c1-5-32-12-14-33(15-13-32)26(36)22-18-35(19(2)3)23-16-25(29-17-21(22)23)30-24-6-9-28-27(31-24)34-10-7-20(37-4)8-11-34/h6,9,16-20H,5,7-8,10-15H2,1-4H3,(H,28,29,30,31). The first-order valence-electron chi connectivity index (χ1n) is 13.4. The number of nitrogens with one attached hydrogen (secondary N) is 1. The van der Waals surface area contributed by atoms with Gasteiger partial charge in [0.1, 0.15) is 11.6 Å². The van der Waals surface area contributed by atoms with Crippen molar-refractivity contribution in [2.24, 2.45) is 0 Å². The lowest BCUT2D eigenvalue weighted by molar-refractivity contribution is 0.0645. The van der Waals surface area contributed by atoms with Crippen molar-refractivity contribution in [1.29, 1.82) is 0 Å². The number of aromatic nitrogens is 4. The van der Waals surface area contributed by atoms with E-state index in [0.29, 0.717) is 23.7 Å². The van der Waals surface area contributed by atoms with Crippen molar-refractivity contribution < 1.29 is 9.53 Å². The van der Waals surface area contributed by atoms with Gasteiger partial charge in [-0.2, -0.15) is 4.98 Å². The fourth-order valence-corrected chi connectivity index (χ4v) is 5.24. The number of carbonyl (C=O) groups is 1. The summed E-state index contributed by atoms with van der Waals surface area (Å²) in [5.41, 5.74) is 1.70. The Hall–Kier alpha value is -3.24. The normalized spacial score (nSPS) is 17.6. The quantitative estimate of drug-likeness (QED) is 0.520. The fourth-order valence-electron chi connectivity index (χ4n) is 5.24. The van der Waals surface area contributed by atoms with Crippen LogP contribution in [0.4, 0.5) is 17.6 Å². The van der Waals surface area contributed by atoms with Crippen LogP contribution in [-0.4, -0.2) is 94.3 Å². The van der Waals surface area contributed by atoms with Crippen LogP contribution in [0.25, 0.3) is 10.9 Å². The van der Waals surface area contributed by atoms with Crippen LogP contribution in [0.5, 0.6) is 0 Å². The predicted octanol–water partition coefficient (Wildman–Crippen LogP) is 3.54. The summed E-state index contributed by atoms with van der Waals surface area (Å²) in [7, 11) is 1.77. The monoisotopic (exact) mass is 506 g/mol. The molecule has 0 aliphatic carbocycles. The van der Waals surface area contributed by atoms with Crippen molar-refractivity contribution in [2.75, 3.05) is 63.1 Å². The zero-order valence-electron chi connectivity index (χ0n) is 22.4. The minimum Gasteiger partial charge on any atom is -0.381 e. The lowest BCUT2D eigenvalue weighted by atomic mass is 10.1. The number of fused-ring (bicyclic) bond motifs is 1. The Balaban J connectivity index is 1.36. The van der Waals surface area contributed by atoms with Gasteiger partial charge in [-0.15, -0.1) is 0 Å². The zero-order chi connectivity index (χ0) is 25.9. The third-order valence-corrected chi connectivity index (χ3v) is 7.57. The molecule has 3 aromatic heterocycles. The van der Waals surface area contributed by atoms with Crippen molar-refractivity contribution in [1.82, 2.24) is 29.3 Å². The lowest BCUT2D eigenvalue weighted by Crippen LogP contribution is -2.48. The smallest absolute Gasteiger partial charge is 0.256 e. The molecular weight excluding hydrogens is 468 g/mol. The highest BCUT2D eigenvalue weighted by atomic mass is 16.5. The first-order chi connectivity index (χ1) is 18.0. The van der Waals surface area contributed by atoms with E-state index in [2.05, 4.69) is 50.4 Å². The summed E-state index contributed by atoms with van der Waals surface area (Å²) in [5.74, 6) is 2.17. The molecule has 5 rings (SSSR count). The Morgan fingerprint density at radius 3 is 2.54 bits per heavy atom. The van der Waals surface area contributed by atoms with Gasteiger partial charge in [-0.3, -0.25) is 4.79 Å². The summed E-state index contributed by atoms with van der Waals surface area (Å²) >= 11 is 0. The van der Waals surface area contributed by atoms with Gasteiger partial charge in [-0.25, -0.2) is 9.97 Å². The molecule has 0 unspecified atom stereocenters. The largest absolute Gasteiger partial charge is 0.381 e. The van der Waals surface area contributed by atoms with E-state index in [9.17, 15) is 4.79 Å². The van der Waals surface area contributed by atoms with Crippen LogP contribution in [0.3, 0.4) is 0 Å². The average molecular weight is 507 g/mol. The van der Waals surface area contributed by atoms with E-state index in [1.165, 1.54) is 0 Å². The van der Waals surface area contributed by atoms with E-state index < -0.39 is 0 Å². The number of amides is 1. The number of piperidine rings is 1. The van der Waals surface area contributed by atoms with E-state index in [4.69, 9.17) is 9.72 Å². The SMILES string of the molecule is CCN1CCN(C(=O)c2cn(C(C)C)c3cc(Nc4ccnc(N5CCC(OC)CC5)n4)ncc23)CC1. The summed E-state index contributed by atoms with van der Waals surface area (Å²) in [6, 6.07) is 4.06. The van der Waals surface area contributed by atoms with Crippen LogP contribution < -0.4 is 10.2 Å². The van der Waals surface area contributed by atoms with Crippen molar-refractivity contribution in [3.63, 3.8) is 0 Å². The van der Waals surface area contributed by atoms with E-state index in [-0.39, 0.29) is 11.9 Å². The van der Waals surface area contributed by atoms with Crippen LogP contribution in [0.2, 0.25) is 0 Å². The number of carbonyl (C=O) groups excluding carboxylic acids is 1. The van der Waals surface area contributed by atoms with Crippen molar-refractivity contribution in [2.45, 2.75) is 45.8 Å². The van der Waals surface area contributed by atoms with Crippen LogP contribution in [0.1, 0.15) is 50.0 Å². The van der Waals surface area contributed by atoms with Gasteiger partial charge in [0, 0.05) is 82.5 Å². The first-order valence-corrected chi connectivity index (χ1v) is 13.4. The summed E-state index contributed by atoms with van der Waals surface area (Å²) in [5, 5.41) is 4.23. The molecule has 0 aromatic carbocycles. The Bertz CT molecular complexity index is 1230. The second-order valence-electron chi connectivity index (χ2n) is 10.1. The number of methoxy groups -OCH3 is 1. The van der Waals surface area contributed by atoms with Gasteiger partial charge in [-0.05, 0) is 39.3 Å². The minimum absolute atomic E-state index is 0.0837. The highest BCUT2D eigenvalue weighted by Crippen LogP contribution is 2.29. The molecule has 1 N–H and O–H groups in total. The molecule has 2 aliphatic rings. The number of piperazine rings is 1. The number of rotatable bonds is 7. The van der Waals surface area contributed by atoms with Gasteiger partial charge in [0.2, 0.25) is 5.95 Å². The van der Waals surface area contributed by atoms with E-state index >= 15 is 0 Å². The number of pyridine rings is 1. The Kier molecular flexibility index (Phi) is 7.57. The lowest BCUT2D eigenvalue weighted by Gasteiger charge is -2.34. The van der Waals surface area contributed by atoms with Gasteiger partial charge >= 0.3 is 0 Å². The maximum absolute atomic E-state index is 13.5. The Morgan fingerprint density at radius 1 is 1.11 bits per heavy atom. The van der Waals surface area contributed by atoms with E-state index in [1.54, 1.807) is 13.3 Å². The number of ether oxygens (including phenoxy) is 1. The van der Waals surface area contributed by atoms with Crippen LogP contribution in [0.15, 0.2) is 30.7 Å². The molecule has 10 nitrogen and oxygen atoms in total. The Labute approximate surface area is 218 Å². The molecule has 5 heterocycles. The van der Waals surface area contributed by atoms with Crippen molar-refractivity contribution >= 4 is 34.4 Å². The van der Waals surface area contributed by atoms with Gasteiger partial charge in [-0.1, -0.05) is 6.92 Å². The highest BCUT2D eigenvalue weighted by Gasteiger charge is 2.25. The fraction of sp³-hybridized carbons (Fsp3) is 0.556. The van der Waals surface area contributed by atoms with Gasteiger partial charge in [0.15, 0.2) is 0 Å². The number of likely N-dealkylation sites (N-methyl/N-ethyl adjacent to an activating group) is 1. The van der Waals surface area contributed by atoms with Crippen LogP contribution >= 0.6 is 0 Å². The number of nitrogens with zero attached hydrogens (tertiary/aromatic N) is 7. The number of hydrogen-bond acceptors (Lipinski definition) is 8. The molecule has 2 fully saturated rings. The van der Waals surface area contributed by atoms with Gasteiger partial charge in [0.25, 0.3) is 5.91 Å². The van der Waals surface area contributed by atoms with Gasteiger partial charge in [0.05, 0.1) is 17.2 Å². The summed E-state index contributed by atoms with van der Waals surface area (Å²) < 4.78 is 7.64. The maximum Gasteiger partial charge on any atom is 0.256 e. The summed E-state index contributed by atoms with van der Waals surface area (Å²) in [6.07, 6.45) is 7.82. The second-order valence-corrected chi connectivity index (χ2v) is 10.1. The maximum atomic E-state index is 13.5. The average Bonchev–Trinajstić information content (AvgIpc) is 3.32. The molecule has 2 saturated heterocycles. The molecular formula is C27H38N8O2. The third kappa shape index (κ3) is 5.40. The molecule has 0 atom stereocenters. The molecule has 0 bridgehead atoms. The Morgan fingerprint density at radius 2 is 1.86 bits per heavy atom. The molecule has 10 heteroatoms. The molecule has 0 radical (unpaired) electrons. The van der Waals surface area contributed by atoms with E-state index in [0.717, 1.165) is 75.1 Å². The first kappa shape index (κ1) is 25.4. The predicted molar refractivity (Wildman–Crippen MR) is 146 cm³/mol. The molecule has 37 heavy (non-hydrogen) atoms. The molecule has 0 saturated carbocycles. The molecule has 1 amide bonds. The highest BCUT2D eigenvalue weighted by molar-refractivity contribution is 6.07. The molecule has 2 aliphatic heterocycles. The number of hydrogen-bond donors (Lipinski definition) is 1. The molecule has 3 aromatic rings.